The van der Waals surface area contributed by atoms with Crippen LogP contribution in [0.4, 0.5) is 5.69 Å². The number of carbonyl (C=O) groups is 1. The van der Waals surface area contributed by atoms with Gasteiger partial charge in [-0.15, -0.1) is 5.10 Å². The second-order valence-electron chi connectivity index (χ2n) is 4.39. The summed E-state index contributed by atoms with van der Waals surface area (Å²) in [6, 6.07) is 7.48. The molecule has 0 saturated heterocycles. The minimum absolute atomic E-state index is 0.0392. The molecule has 0 atom stereocenters. The van der Waals surface area contributed by atoms with Gasteiger partial charge in [-0.05, 0) is 17.7 Å². The Balaban J connectivity index is 1.88. The van der Waals surface area contributed by atoms with Crippen molar-refractivity contribution in [3.8, 4) is 0 Å². The Bertz CT molecular complexity index is 564. The maximum Gasteiger partial charge on any atom is 0.221 e. The average Bonchev–Trinajstić information content (AvgIpc) is 2.86. The third-order valence-electron chi connectivity index (χ3n) is 2.72. The van der Waals surface area contributed by atoms with Gasteiger partial charge in [0.1, 0.15) is 5.69 Å². The maximum atomic E-state index is 10.8. The molecule has 0 aliphatic carbocycles. The topological polar surface area (TPSA) is 106 Å². The molecule has 0 unspecified atom stereocenters. The molecule has 0 radical (unpaired) electrons. The Kier molecular flexibility index (Phi) is 4.67. The van der Waals surface area contributed by atoms with E-state index in [-0.39, 0.29) is 18.9 Å². The molecule has 2 rings (SSSR count). The van der Waals surface area contributed by atoms with Crippen molar-refractivity contribution in [1.29, 1.82) is 0 Å². The SMILES string of the molecule is NC(=O)Cc1ccc(NCc2cn(CCO)nn2)cc1. The number of anilines is 1. The van der Waals surface area contributed by atoms with Crippen LogP contribution >= 0.6 is 0 Å². The van der Waals surface area contributed by atoms with Crippen molar-refractivity contribution in [3.05, 3.63) is 41.7 Å². The number of aliphatic hydroxyl groups excluding tert-OH is 1. The van der Waals surface area contributed by atoms with Crippen molar-refractivity contribution in [2.75, 3.05) is 11.9 Å². The highest BCUT2D eigenvalue weighted by Crippen LogP contribution is 2.11. The highest BCUT2D eigenvalue weighted by molar-refractivity contribution is 5.76. The van der Waals surface area contributed by atoms with Gasteiger partial charge in [-0.25, -0.2) is 4.68 Å². The van der Waals surface area contributed by atoms with E-state index in [2.05, 4.69) is 15.6 Å². The fourth-order valence-corrected chi connectivity index (χ4v) is 1.77. The predicted octanol–water partition coefficient (Wildman–Crippen LogP) is -0.0897. The molecule has 7 heteroatoms. The number of aliphatic hydroxyl groups is 1. The largest absolute Gasteiger partial charge is 0.394 e. The van der Waals surface area contributed by atoms with Crippen LogP contribution in [0.3, 0.4) is 0 Å². The molecule has 0 spiro atoms. The van der Waals surface area contributed by atoms with Gasteiger partial charge in [0.05, 0.1) is 32.3 Å². The van der Waals surface area contributed by atoms with E-state index in [1.807, 2.05) is 24.3 Å². The molecule has 0 aliphatic heterocycles. The third kappa shape index (κ3) is 4.06. The van der Waals surface area contributed by atoms with Crippen LogP contribution in [0.25, 0.3) is 0 Å². The summed E-state index contributed by atoms with van der Waals surface area (Å²) < 4.78 is 1.59. The monoisotopic (exact) mass is 275 g/mol. The lowest BCUT2D eigenvalue weighted by Crippen LogP contribution is -2.13. The average molecular weight is 275 g/mol. The van der Waals surface area contributed by atoms with Crippen molar-refractivity contribution in [2.45, 2.75) is 19.5 Å². The number of nitrogens with zero attached hydrogens (tertiary/aromatic N) is 3. The Morgan fingerprint density at radius 1 is 1.35 bits per heavy atom. The molecule has 0 bridgehead atoms. The molecular formula is C13H17N5O2. The van der Waals surface area contributed by atoms with Crippen molar-refractivity contribution in [3.63, 3.8) is 0 Å². The van der Waals surface area contributed by atoms with Crippen molar-refractivity contribution in [2.24, 2.45) is 5.73 Å². The van der Waals surface area contributed by atoms with E-state index in [0.29, 0.717) is 13.1 Å². The Labute approximate surface area is 116 Å². The molecule has 7 nitrogen and oxygen atoms in total. The zero-order valence-electron chi connectivity index (χ0n) is 11.0. The van der Waals surface area contributed by atoms with Gasteiger partial charge in [-0.3, -0.25) is 4.79 Å². The van der Waals surface area contributed by atoms with Gasteiger partial charge in [-0.2, -0.15) is 0 Å². The Morgan fingerprint density at radius 2 is 2.10 bits per heavy atom. The second kappa shape index (κ2) is 6.67. The summed E-state index contributed by atoms with van der Waals surface area (Å²) in [5.41, 5.74) is 7.74. The number of hydrogen-bond acceptors (Lipinski definition) is 5. The lowest BCUT2D eigenvalue weighted by Gasteiger charge is -2.05. The van der Waals surface area contributed by atoms with Gasteiger partial charge in [0, 0.05) is 5.69 Å². The van der Waals surface area contributed by atoms with Gasteiger partial charge in [0.15, 0.2) is 0 Å². The lowest BCUT2D eigenvalue weighted by atomic mass is 10.1. The number of amides is 1. The van der Waals surface area contributed by atoms with E-state index in [4.69, 9.17) is 10.8 Å². The highest BCUT2D eigenvalue weighted by Gasteiger charge is 2.01. The van der Waals surface area contributed by atoms with Gasteiger partial charge in [-0.1, -0.05) is 17.3 Å². The first kappa shape index (κ1) is 14.0. The quantitative estimate of drug-likeness (QED) is 0.655. The molecule has 1 heterocycles. The molecule has 4 N–H and O–H groups in total. The van der Waals surface area contributed by atoms with Gasteiger partial charge >= 0.3 is 0 Å². The molecule has 106 valence electrons. The van der Waals surface area contributed by atoms with Gasteiger partial charge in [0.25, 0.3) is 0 Å². The molecule has 0 saturated carbocycles. The van der Waals surface area contributed by atoms with Crippen LogP contribution in [-0.4, -0.2) is 32.6 Å². The van der Waals surface area contributed by atoms with E-state index in [0.717, 1.165) is 16.9 Å². The first-order valence-electron chi connectivity index (χ1n) is 6.28. The third-order valence-corrected chi connectivity index (χ3v) is 2.72. The summed E-state index contributed by atoms with van der Waals surface area (Å²) in [5, 5.41) is 19.9. The molecule has 0 fully saturated rings. The number of nitrogens with one attached hydrogen (secondary N) is 1. The Hall–Kier alpha value is -2.41. The zero-order chi connectivity index (χ0) is 14.4. The summed E-state index contributed by atoms with van der Waals surface area (Å²) in [6.45, 7) is 1.02. The summed E-state index contributed by atoms with van der Waals surface area (Å²) in [5.74, 6) is -0.341. The molecule has 1 amide bonds. The standard InChI is InChI=1S/C13H17N5O2/c14-13(20)7-10-1-3-11(4-2-10)15-8-12-9-18(5-6-19)17-16-12/h1-4,9,15,19H,5-8H2,(H2,14,20). The van der Waals surface area contributed by atoms with Crippen LogP contribution in [0.5, 0.6) is 0 Å². The number of nitrogens with two attached hydrogens (primary N) is 1. The predicted molar refractivity (Wildman–Crippen MR) is 73.8 cm³/mol. The Morgan fingerprint density at radius 3 is 2.75 bits per heavy atom. The molecule has 1 aromatic carbocycles. The number of rotatable bonds is 7. The first-order chi connectivity index (χ1) is 9.67. The van der Waals surface area contributed by atoms with Crippen LogP contribution in [0, 0.1) is 0 Å². The molecular weight excluding hydrogens is 258 g/mol. The first-order valence-corrected chi connectivity index (χ1v) is 6.28. The van der Waals surface area contributed by atoms with Gasteiger partial charge < -0.3 is 16.2 Å². The fourth-order valence-electron chi connectivity index (χ4n) is 1.77. The summed E-state index contributed by atoms with van der Waals surface area (Å²) in [4.78, 5) is 10.8. The number of carbonyl (C=O) groups excluding carboxylic acids is 1. The molecule has 0 aliphatic rings. The highest BCUT2D eigenvalue weighted by atomic mass is 16.3. The lowest BCUT2D eigenvalue weighted by molar-refractivity contribution is -0.117. The second-order valence-corrected chi connectivity index (χ2v) is 4.39. The van der Waals surface area contributed by atoms with Crippen molar-refractivity contribution >= 4 is 11.6 Å². The normalized spacial score (nSPS) is 10.4. The number of benzene rings is 1. The smallest absolute Gasteiger partial charge is 0.221 e. The number of aromatic nitrogens is 3. The molecule has 20 heavy (non-hydrogen) atoms. The minimum Gasteiger partial charge on any atom is -0.394 e. The van der Waals surface area contributed by atoms with Crippen LogP contribution in [0.2, 0.25) is 0 Å². The van der Waals surface area contributed by atoms with Crippen LogP contribution < -0.4 is 11.1 Å². The molecule has 2 aromatic rings. The van der Waals surface area contributed by atoms with E-state index in [9.17, 15) is 4.79 Å². The van der Waals surface area contributed by atoms with E-state index >= 15 is 0 Å². The van der Waals surface area contributed by atoms with Crippen LogP contribution in [-0.2, 0) is 24.3 Å². The van der Waals surface area contributed by atoms with E-state index < -0.39 is 0 Å². The van der Waals surface area contributed by atoms with Crippen molar-refractivity contribution < 1.29 is 9.90 Å². The maximum absolute atomic E-state index is 10.8. The summed E-state index contributed by atoms with van der Waals surface area (Å²) >= 11 is 0. The fraction of sp³-hybridized carbons (Fsp3) is 0.308. The summed E-state index contributed by atoms with van der Waals surface area (Å²) in [6.07, 6.45) is 2.03. The van der Waals surface area contributed by atoms with Crippen LogP contribution in [0.15, 0.2) is 30.5 Å². The van der Waals surface area contributed by atoms with Crippen molar-refractivity contribution in [1.82, 2.24) is 15.0 Å². The minimum atomic E-state index is -0.341. The number of primary amides is 1. The van der Waals surface area contributed by atoms with Gasteiger partial charge in [0.2, 0.25) is 5.91 Å². The number of hydrogen-bond donors (Lipinski definition) is 3. The van der Waals surface area contributed by atoms with Crippen LogP contribution in [0.1, 0.15) is 11.3 Å². The summed E-state index contributed by atoms with van der Waals surface area (Å²) in [7, 11) is 0. The van der Waals surface area contributed by atoms with E-state index in [1.165, 1.54) is 0 Å². The zero-order valence-corrected chi connectivity index (χ0v) is 11.0. The molecule has 1 aromatic heterocycles. The van der Waals surface area contributed by atoms with E-state index in [1.54, 1.807) is 10.9 Å².